The number of rotatable bonds is 3. The normalized spacial score (nSPS) is 13.9. The van der Waals surface area contributed by atoms with E-state index in [1.807, 2.05) is 6.07 Å². The number of nitrogens with one attached hydrogen (secondary N) is 1. The van der Waals surface area contributed by atoms with Gasteiger partial charge in [-0.2, -0.15) is 0 Å². The molecular formula is C16H18FN3. The molecule has 3 nitrogen and oxygen atoms in total. The molecule has 1 aliphatic rings. The minimum atomic E-state index is -0.256. The number of hydrogen-bond donors (Lipinski definition) is 1. The molecule has 1 aliphatic carbocycles. The Kier molecular flexibility index (Phi) is 3.63. The molecule has 104 valence electrons. The Balaban J connectivity index is 2.10. The summed E-state index contributed by atoms with van der Waals surface area (Å²) in [6, 6.07) is 6.47. The number of aryl methyl sites for hydroxylation is 1. The smallest absolute Gasteiger partial charge is 0.161 e. The summed E-state index contributed by atoms with van der Waals surface area (Å²) < 4.78 is 13.4. The zero-order valence-corrected chi connectivity index (χ0v) is 11.6. The van der Waals surface area contributed by atoms with Gasteiger partial charge in [0.2, 0.25) is 0 Å². The molecule has 1 aromatic carbocycles. The Morgan fingerprint density at radius 3 is 2.85 bits per heavy atom. The first kappa shape index (κ1) is 13.0. The van der Waals surface area contributed by atoms with Crippen LogP contribution in [-0.4, -0.2) is 16.5 Å². The predicted octanol–water partition coefficient (Wildman–Crippen LogP) is 3.59. The third kappa shape index (κ3) is 2.50. The quantitative estimate of drug-likeness (QED) is 0.927. The fraction of sp³-hybridized carbons (Fsp3) is 0.375. The van der Waals surface area contributed by atoms with Gasteiger partial charge in [-0.05, 0) is 44.7 Å². The van der Waals surface area contributed by atoms with Gasteiger partial charge in [-0.3, -0.25) is 0 Å². The highest BCUT2D eigenvalue weighted by Crippen LogP contribution is 2.28. The molecule has 1 N–H and O–H groups in total. The standard InChI is InChI=1S/C16H18FN3/c1-2-18-16-13-8-3-4-9-14(13)19-15(20-16)11-6-5-7-12(17)10-11/h5-7,10H,2-4,8-9H2,1H3,(H,18,19,20). The highest BCUT2D eigenvalue weighted by Gasteiger charge is 2.18. The summed E-state index contributed by atoms with van der Waals surface area (Å²) in [7, 11) is 0. The molecule has 0 fully saturated rings. The second-order valence-corrected chi connectivity index (χ2v) is 5.07. The van der Waals surface area contributed by atoms with Crippen molar-refractivity contribution in [2.75, 3.05) is 11.9 Å². The lowest BCUT2D eigenvalue weighted by atomic mass is 9.96. The van der Waals surface area contributed by atoms with Gasteiger partial charge in [0, 0.05) is 23.4 Å². The lowest BCUT2D eigenvalue weighted by Crippen LogP contribution is -2.13. The highest BCUT2D eigenvalue weighted by molar-refractivity contribution is 5.60. The molecule has 4 heteroatoms. The Morgan fingerprint density at radius 2 is 2.05 bits per heavy atom. The Labute approximate surface area is 118 Å². The van der Waals surface area contributed by atoms with Crippen LogP contribution in [0, 0.1) is 5.82 Å². The first-order valence-corrected chi connectivity index (χ1v) is 7.17. The van der Waals surface area contributed by atoms with Gasteiger partial charge in [0.1, 0.15) is 11.6 Å². The van der Waals surface area contributed by atoms with Crippen LogP contribution in [-0.2, 0) is 12.8 Å². The maximum absolute atomic E-state index is 13.4. The molecule has 0 aliphatic heterocycles. The molecule has 0 spiro atoms. The molecule has 0 saturated carbocycles. The second-order valence-electron chi connectivity index (χ2n) is 5.07. The van der Waals surface area contributed by atoms with Gasteiger partial charge in [0.15, 0.2) is 5.82 Å². The van der Waals surface area contributed by atoms with Crippen molar-refractivity contribution in [3.05, 3.63) is 41.3 Å². The molecule has 0 saturated heterocycles. The lowest BCUT2D eigenvalue weighted by Gasteiger charge is -2.19. The average molecular weight is 271 g/mol. The van der Waals surface area contributed by atoms with Crippen LogP contribution in [0.5, 0.6) is 0 Å². The minimum absolute atomic E-state index is 0.256. The molecular weight excluding hydrogens is 253 g/mol. The van der Waals surface area contributed by atoms with E-state index in [1.54, 1.807) is 6.07 Å². The summed E-state index contributed by atoms with van der Waals surface area (Å²) in [5, 5.41) is 3.32. The number of nitrogens with zero attached hydrogens (tertiary/aromatic N) is 2. The van der Waals surface area contributed by atoms with Gasteiger partial charge >= 0.3 is 0 Å². The van der Waals surface area contributed by atoms with E-state index >= 15 is 0 Å². The van der Waals surface area contributed by atoms with Crippen LogP contribution in [0.3, 0.4) is 0 Å². The number of fused-ring (bicyclic) bond motifs is 1. The number of benzene rings is 1. The van der Waals surface area contributed by atoms with E-state index in [0.29, 0.717) is 5.82 Å². The van der Waals surface area contributed by atoms with Gasteiger partial charge in [-0.25, -0.2) is 14.4 Å². The van der Waals surface area contributed by atoms with Crippen molar-refractivity contribution in [1.29, 1.82) is 0 Å². The maximum Gasteiger partial charge on any atom is 0.161 e. The van der Waals surface area contributed by atoms with Gasteiger partial charge in [-0.15, -0.1) is 0 Å². The Morgan fingerprint density at radius 1 is 1.20 bits per heavy atom. The van der Waals surface area contributed by atoms with Crippen LogP contribution in [0.4, 0.5) is 10.2 Å². The van der Waals surface area contributed by atoms with E-state index in [1.165, 1.54) is 24.1 Å². The summed E-state index contributed by atoms with van der Waals surface area (Å²) in [5.41, 5.74) is 3.08. The van der Waals surface area contributed by atoms with E-state index in [2.05, 4.69) is 22.2 Å². The van der Waals surface area contributed by atoms with Crippen LogP contribution in [0.15, 0.2) is 24.3 Å². The molecule has 0 bridgehead atoms. The molecule has 0 atom stereocenters. The SMILES string of the molecule is CCNc1nc(-c2cccc(F)c2)nc2c1CCCC2. The fourth-order valence-electron chi connectivity index (χ4n) is 2.66. The van der Waals surface area contributed by atoms with Gasteiger partial charge < -0.3 is 5.32 Å². The molecule has 0 unspecified atom stereocenters. The topological polar surface area (TPSA) is 37.8 Å². The second kappa shape index (κ2) is 5.57. The van der Waals surface area contributed by atoms with E-state index < -0.39 is 0 Å². The Bertz CT molecular complexity index is 625. The monoisotopic (exact) mass is 271 g/mol. The van der Waals surface area contributed by atoms with E-state index in [-0.39, 0.29) is 5.82 Å². The van der Waals surface area contributed by atoms with Crippen LogP contribution < -0.4 is 5.32 Å². The van der Waals surface area contributed by atoms with E-state index in [9.17, 15) is 4.39 Å². The van der Waals surface area contributed by atoms with Gasteiger partial charge in [0.05, 0.1) is 0 Å². The number of halogens is 1. The maximum atomic E-state index is 13.4. The van der Waals surface area contributed by atoms with Crippen molar-refractivity contribution in [2.24, 2.45) is 0 Å². The van der Waals surface area contributed by atoms with Gasteiger partial charge in [-0.1, -0.05) is 12.1 Å². The molecule has 2 aromatic rings. The van der Waals surface area contributed by atoms with Crippen LogP contribution in [0.25, 0.3) is 11.4 Å². The van der Waals surface area contributed by atoms with Crippen LogP contribution in [0.1, 0.15) is 31.0 Å². The predicted molar refractivity (Wildman–Crippen MR) is 78.2 cm³/mol. The number of aromatic nitrogens is 2. The molecule has 0 amide bonds. The van der Waals surface area contributed by atoms with Crippen molar-refractivity contribution >= 4 is 5.82 Å². The fourth-order valence-corrected chi connectivity index (χ4v) is 2.66. The van der Waals surface area contributed by atoms with Crippen molar-refractivity contribution in [1.82, 2.24) is 9.97 Å². The molecule has 1 heterocycles. The summed E-state index contributed by atoms with van der Waals surface area (Å²) in [6.07, 6.45) is 4.37. The van der Waals surface area contributed by atoms with Gasteiger partial charge in [0.25, 0.3) is 0 Å². The summed E-state index contributed by atoms with van der Waals surface area (Å²) >= 11 is 0. The minimum Gasteiger partial charge on any atom is -0.370 e. The van der Waals surface area contributed by atoms with Crippen molar-refractivity contribution in [2.45, 2.75) is 32.6 Å². The first-order valence-electron chi connectivity index (χ1n) is 7.17. The van der Waals surface area contributed by atoms with Crippen molar-refractivity contribution < 1.29 is 4.39 Å². The average Bonchev–Trinajstić information content (AvgIpc) is 2.47. The molecule has 0 radical (unpaired) electrons. The van der Waals surface area contributed by atoms with E-state index in [4.69, 9.17) is 0 Å². The number of hydrogen-bond acceptors (Lipinski definition) is 3. The first-order chi connectivity index (χ1) is 9.78. The lowest BCUT2D eigenvalue weighted by molar-refractivity contribution is 0.628. The third-order valence-corrected chi connectivity index (χ3v) is 3.61. The molecule has 3 rings (SSSR count). The third-order valence-electron chi connectivity index (χ3n) is 3.61. The number of anilines is 1. The zero-order valence-electron chi connectivity index (χ0n) is 11.6. The summed E-state index contributed by atoms with van der Waals surface area (Å²) in [6.45, 7) is 2.88. The van der Waals surface area contributed by atoms with E-state index in [0.717, 1.165) is 42.9 Å². The zero-order chi connectivity index (χ0) is 13.9. The largest absolute Gasteiger partial charge is 0.370 e. The summed E-state index contributed by atoms with van der Waals surface area (Å²) in [5.74, 6) is 1.27. The summed E-state index contributed by atoms with van der Waals surface area (Å²) in [4.78, 5) is 9.25. The Hall–Kier alpha value is -1.97. The molecule has 1 aromatic heterocycles. The van der Waals surface area contributed by atoms with Crippen molar-refractivity contribution in [3.8, 4) is 11.4 Å². The van der Waals surface area contributed by atoms with Crippen molar-refractivity contribution in [3.63, 3.8) is 0 Å². The molecule has 20 heavy (non-hydrogen) atoms. The van der Waals surface area contributed by atoms with Crippen LogP contribution in [0.2, 0.25) is 0 Å². The highest BCUT2D eigenvalue weighted by atomic mass is 19.1. The van der Waals surface area contributed by atoms with Crippen LogP contribution >= 0.6 is 0 Å².